The van der Waals surface area contributed by atoms with Crippen LogP contribution in [-0.4, -0.2) is 61.1 Å². The molecule has 32 heavy (non-hydrogen) atoms. The number of piperazine rings is 1. The molecule has 0 saturated carbocycles. The molecule has 8 nitrogen and oxygen atoms in total. The summed E-state index contributed by atoms with van der Waals surface area (Å²) in [5.74, 6) is 0.244. The maximum Gasteiger partial charge on any atom is 0.243 e. The van der Waals surface area contributed by atoms with Crippen molar-refractivity contribution in [3.8, 4) is 0 Å². The molecule has 1 aromatic carbocycles. The van der Waals surface area contributed by atoms with Crippen LogP contribution in [0.1, 0.15) is 23.6 Å². The maximum atomic E-state index is 14.7. The molecule has 1 amide bonds. The Balaban J connectivity index is 1.36. The molecule has 3 aliphatic rings. The standard InChI is InChI=1S/C22H27ClFN7O/c1-13-9-15(23)10-16(24)22(13)31-19(32)11-17-21(28-31)20(27-26-17)14-3-4-18(25-12-14)30-7-5-29(2)6-8-30/h3-4,9-10,12,17,20-21,26-28H,5-8,11H2,1-2H3. The number of anilines is 2. The van der Waals surface area contributed by atoms with Crippen LogP contribution < -0.4 is 26.2 Å². The number of aromatic nitrogens is 1. The lowest BCUT2D eigenvalue weighted by Crippen LogP contribution is -2.60. The first-order valence-electron chi connectivity index (χ1n) is 10.9. The Kier molecular flexibility index (Phi) is 5.77. The second-order valence-electron chi connectivity index (χ2n) is 8.75. The molecule has 3 saturated heterocycles. The number of hydrazine groups is 2. The lowest BCUT2D eigenvalue weighted by atomic mass is 9.94. The Labute approximate surface area is 191 Å². The van der Waals surface area contributed by atoms with Gasteiger partial charge in [0.1, 0.15) is 11.6 Å². The lowest BCUT2D eigenvalue weighted by molar-refractivity contribution is -0.121. The summed E-state index contributed by atoms with van der Waals surface area (Å²) >= 11 is 5.97. The molecule has 4 heterocycles. The summed E-state index contributed by atoms with van der Waals surface area (Å²) in [6, 6.07) is 6.61. The number of fused-ring (bicyclic) bond motifs is 1. The molecule has 0 bridgehead atoms. The van der Waals surface area contributed by atoms with Crippen LogP contribution in [0.4, 0.5) is 15.9 Å². The number of hydrogen-bond donors (Lipinski definition) is 3. The van der Waals surface area contributed by atoms with E-state index in [9.17, 15) is 9.18 Å². The molecule has 3 aliphatic heterocycles. The number of carbonyl (C=O) groups is 1. The molecule has 10 heteroatoms. The van der Waals surface area contributed by atoms with Gasteiger partial charge in [0.2, 0.25) is 5.91 Å². The van der Waals surface area contributed by atoms with Crippen LogP contribution in [-0.2, 0) is 4.79 Å². The zero-order valence-corrected chi connectivity index (χ0v) is 18.9. The SMILES string of the molecule is Cc1cc(Cl)cc(F)c1N1NC2C(CC1=O)NNC2c1ccc(N2CCN(C)CC2)nc1. The predicted octanol–water partition coefficient (Wildman–Crippen LogP) is 1.76. The second kappa shape index (κ2) is 8.57. The van der Waals surface area contributed by atoms with Crippen molar-refractivity contribution >= 4 is 29.0 Å². The molecule has 0 aliphatic carbocycles. The number of rotatable bonds is 3. The molecule has 3 atom stereocenters. The Bertz CT molecular complexity index is 989. The van der Waals surface area contributed by atoms with Gasteiger partial charge in [0, 0.05) is 49.9 Å². The summed E-state index contributed by atoms with van der Waals surface area (Å²) in [5, 5.41) is 1.63. The van der Waals surface area contributed by atoms with E-state index in [1.165, 1.54) is 11.1 Å². The van der Waals surface area contributed by atoms with Gasteiger partial charge in [0.15, 0.2) is 0 Å². The van der Waals surface area contributed by atoms with E-state index in [0.29, 0.717) is 10.6 Å². The summed E-state index contributed by atoms with van der Waals surface area (Å²) in [5.41, 5.74) is 11.6. The van der Waals surface area contributed by atoms with Crippen molar-refractivity contribution in [3.05, 3.63) is 52.4 Å². The highest BCUT2D eigenvalue weighted by Gasteiger charge is 2.44. The third kappa shape index (κ3) is 3.95. The van der Waals surface area contributed by atoms with Crippen LogP contribution in [0.5, 0.6) is 0 Å². The van der Waals surface area contributed by atoms with Crippen LogP contribution in [0, 0.1) is 12.7 Å². The zero-order valence-electron chi connectivity index (χ0n) is 18.1. The first-order valence-corrected chi connectivity index (χ1v) is 11.2. The summed E-state index contributed by atoms with van der Waals surface area (Å²) in [4.78, 5) is 22.1. The van der Waals surface area contributed by atoms with Gasteiger partial charge in [-0.15, -0.1) is 0 Å². The molecular weight excluding hydrogens is 433 g/mol. The van der Waals surface area contributed by atoms with Crippen LogP contribution in [0.3, 0.4) is 0 Å². The van der Waals surface area contributed by atoms with Crippen molar-refractivity contribution in [2.24, 2.45) is 0 Å². The number of aryl methyl sites for hydroxylation is 1. The molecule has 170 valence electrons. The molecule has 0 radical (unpaired) electrons. The van der Waals surface area contributed by atoms with Gasteiger partial charge in [-0.25, -0.2) is 25.2 Å². The van der Waals surface area contributed by atoms with E-state index in [1.54, 1.807) is 13.0 Å². The van der Waals surface area contributed by atoms with Crippen molar-refractivity contribution in [2.75, 3.05) is 43.1 Å². The summed E-state index contributed by atoms with van der Waals surface area (Å²) in [6.45, 7) is 5.71. The summed E-state index contributed by atoms with van der Waals surface area (Å²) < 4.78 is 14.7. The van der Waals surface area contributed by atoms with Crippen molar-refractivity contribution in [1.29, 1.82) is 0 Å². The fourth-order valence-electron chi connectivity index (χ4n) is 4.71. The zero-order chi connectivity index (χ0) is 22.4. The van der Waals surface area contributed by atoms with Gasteiger partial charge in [-0.05, 0) is 43.3 Å². The average molecular weight is 460 g/mol. The number of carbonyl (C=O) groups excluding carboxylic acids is 1. The topological polar surface area (TPSA) is 75.8 Å². The fourth-order valence-corrected chi connectivity index (χ4v) is 4.97. The van der Waals surface area contributed by atoms with Gasteiger partial charge in [0.05, 0.1) is 17.8 Å². The van der Waals surface area contributed by atoms with Crippen molar-refractivity contribution in [3.63, 3.8) is 0 Å². The van der Waals surface area contributed by atoms with E-state index in [0.717, 1.165) is 37.6 Å². The smallest absolute Gasteiger partial charge is 0.243 e. The average Bonchev–Trinajstić information content (AvgIpc) is 3.16. The summed E-state index contributed by atoms with van der Waals surface area (Å²) in [7, 11) is 2.13. The first-order chi connectivity index (χ1) is 15.4. The van der Waals surface area contributed by atoms with E-state index in [4.69, 9.17) is 16.6 Å². The minimum atomic E-state index is -0.525. The minimum absolute atomic E-state index is 0.114. The molecule has 3 fully saturated rings. The normalized spacial score (nSPS) is 26.5. The van der Waals surface area contributed by atoms with Crippen LogP contribution in [0.2, 0.25) is 5.02 Å². The molecule has 3 unspecified atom stereocenters. The first kappa shape index (κ1) is 21.5. The van der Waals surface area contributed by atoms with Crippen LogP contribution in [0.25, 0.3) is 0 Å². The number of halogens is 2. The lowest BCUT2D eigenvalue weighted by Gasteiger charge is -2.37. The molecule has 0 spiro atoms. The third-order valence-electron chi connectivity index (χ3n) is 6.54. The Morgan fingerprint density at radius 1 is 1.16 bits per heavy atom. The van der Waals surface area contributed by atoms with Gasteiger partial charge in [-0.1, -0.05) is 17.7 Å². The molecule has 1 aromatic heterocycles. The van der Waals surface area contributed by atoms with Crippen LogP contribution in [0.15, 0.2) is 30.5 Å². The summed E-state index contributed by atoms with van der Waals surface area (Å²) in [6.07, 6.45) is 2.13. The molecule has 2 aromatic rings. The highest BCUT2D eigenvalue weighted by molar-refractivity contribution is 6.30. The molecule has 5 rings (SSSR count). The second-order valence-corrected chi connectivity index (χ2v) is 9.19. The van der Waals surface area contributed by atoms with E-state index >= 15 is 0 Å². The van der Waals surface area contributed by atoms with Gasteiger partial charge >= 0.3 is 0 Å². The molecular formula is C22H27ClFN7O. The van der Waals surface area contributed by atoms with E-state index in [2.05, 4.69) is 39.2 Å². The van der Waals surface area contributed by atoms with Crippen molar-refractivity contribution in [1.82, 2.24) is 26.2 Å². The number of nitrogens with one attached hydrogen (secondary N) is 3. The number of pyridine rings is 1. The monoisotopic (exact) mass is 459 g/mol. The van der Waals surface area contributed by atoms with Gasteiger partial charge in [0.25, 0.3) is 0 Å². The van der Waals surface area contributed by atoms with E-state index in [-0.39, 0.29) is 36.1 Å². The van der Waals surface area contributed by atoms with Crippen LogP contribution >= 0.6 is 11.6 Å². The number of amides is 1. The largest absolute Gasteiger partial charge is 0.354 e. The van der Waals surface area contributed by atoms with Gasteiger partial charge in [-0.2, -0.15) is 0 Å². The Hall–Kier alpha value is -2.30. The number of benzene rings is 1. The maximum absolute atomic E-state index is 14.7. The quantitative estimate of drug-likeness (QED) is 0.645. The number of hydrogen-bond acceptors (Lipinski definition) is 7. The highest BCUT2D eigenvalue weighted by Crippen LogP contribution is 2.33. The third-order valence-corrected chi connectivity index (χ3v) is 6.76. The number of likely N-dealkylation sites (N-methyl/N-ethyl adjacent to an activating group) is 1. The van der Waals surface area contributed by atoms with Gasteiger partial charge < -0.3 is 9.80 Å². The fraction of sp³-hybridized carbons (Fsp3) is 0.455. The predicted molar refractivity (Wildman–Crippen MR) is 122 cm³/mol. The van der Waals surface area contributed by atoms with E-state index < -0.39 is 5.82 Å². The molecule has 3 N–H and O–H groups in total. The van der Waals surface area contributed by atoms with Gasteiger partial charge in [-0.3, -0.25) is 10.2 Å². The van der Waals surface area contributed by atoms with E-state index in [1.807, 2.05) is 12.3 Å². The highest BCUT2D eigenvalue weighted by atomic mass is 35.5. The number of nitrogens with zero attached hydrogens (tertiary/aromatic N) is 4. The minimum Gasteiger partial charge on any atom is -0.354 e. The van der Waals surface area contributed by atoms with Crippen molar-refractivity contribution in [2.45, 2.75) is 31.5 Å². The van der Waals surface area contributed by atoms with Crippen molar-refractivity contribution < 1.29 is 9.18 Å². The Morgan fingerprint density at radius 3 is 2.62 bits per heavy atom. The Morgan fingerprint density at radius 2 is 1.94 bits per heavy atom.